The van der Waals surface area contributed by atoms with Crippen LogP contribution in [0.3, 0.4) is 0 Å². The number of carbonyl (C=O) groups excluding carboxylic acids is 1. The number of methoxy groups -OCH3 is 1. The molecule has 0 saturated carbocycles. The van der Waals surface area contributed by atoms with Gasteiger partial charge in [-0.05, 0) is 42.5 Å². The fourth-order valence-corrected chi connectivity index (χ4v) is 3.93. The molecule has 9 nitrogen and oxygen atoms in total. The number of ether oxygens (including phenoxy) is 2. The molecule has 0 atom stereocenters. The molecule has 4 aromatic rings. The summed E-state index contributed by atoms with van der Waals surface area (Å²) >= 11 is 0. The SMILES string of the molecule is COc1cc2c(Nc3ccc(NC(=O)c4ccccc4)cc3)ncnc2cc1OCCOP(C)(C)=O. The number of carbonyl (C=O) groups is 1. The van der Waals surface area contributed by atoms with E-state index in [1.807, 2.05) is 42.5 Å². The Hall–Kier alpha value is -3.94. The highest BCUT2D eigenvalue weighted by molar-refractivity contribution is 7.57. The number of fused-ring (bicyclic) bond motifs is 1. The van der Waals surface area contributed by atoms with Crippen molar-refractivity contribution in [2.45, 2.75) is 0 Å². The van der Waals surface area contributed by atoms with Gasteiger partial charge in [0.25, 0.3) is 5.91 Å². The number of nitrogens with one attached hydrogen (secondary N) is 2. The summed E-state index contributed by atoms with van der Waals surface area (Å²) in [5, 5.41) is 6.91. The van der Waals surface area contributed by atoms with Crippen LogP contribution in [0.4, 0.5) is 17.2 Å². The Labute approximate surface area is 209 Å². The molecule has 0 spiro atoms. The number of anilines is 3. The molecular formula is C26H27N4O5P. The second kappa shape index (κ2) is 11.2. The average molecular weight is 506 g/mol. The molecule has 2 N–H and O–H groups in total. The molecule has 0 aliphatic heterocycles. The summed E-state index contributed by atoms with van der Waals surface area (Å²) in [6.07, 6.45) is 1.46. The number of benzene rings is 3. The van der Waals surface area contributed by atoms with Crippen molar-refractivity contribution in [3.63, 3.8) is 0 Å². The Morgan fingerprint density at radius 3 is 2.33 bits per heavy atom. The van der Waals surface area contributed by atoms with Crippen LogP contribution >= 0.6 is 7.37 Å². The maximum Gasteiger partial charge on any atom is 0.255 e. The van der Waals surface area contributed by atoms with Crippen LogP contribution in [0.1, 0.15) is 10.4 Å². The number of hydrogen-bond donors (Lipinski definition) is 2. The van der Waals surface area contributed by atoms with Crippen LogP contribution in [0.15, 0.2) is 73.1 Å². The molecule has 4 rings (SSSR count). The number of hydrogen-bond acceptors (Lipinski definition) is 8. The maximum atomic E-state index is 12.4. The first-order chi connectivity index (χ1) is 17.3. The molecule has 1 amide bonds. The van der Waals surface area contributed by atoms with Gasteiger partial charge in [0.05, 0.1) is 19.2 Å². The predicted molar refractivity (Wildman–Crippen MR) is 141 cm³/mol. The molecule has 0 aliphatic rings. The van der Waals surface area contributed by atoms with Crippen LogP contribution < -0.4 is 20.1 Å². The van der Waals surface area contributed by atoms with E-state index in [1.54, 1.807) is 44.7 Å². The lowest BCUT2D eigenvalue weighted by molar-refractivity contribution is 0.102. The van der Waals surface area contributed by atoms with Gasteiger partial charge < -0.3 is 24.6 Å². The van der Waals surface area contributed by atoms with Gasteiger partial charge in [0.2, 0.25) is 0 Å². The second-order valence-corrected chi connectivity index (χ2v) is 11.0. The van der Waals surface area contributed by atoms with Crippen molar-refractivity contribution in [3.8, 4) is 11.5 Å². The van der Waals surface area contributed by atoms with E-state index in [4.69, 9.17) is 14.0 Å². The Morgan fingerprint density at radius 2 is 1.64 bits per heavy atom. The van der Waals surface area contributed by atoms with Gasteiger partial charge >= 0.3 is 0 Å². The summed E-state index contributed by atoms with van der Waals surface area (Å²) in [5.41, 5.74) is 2.71. The fraction of sp³-hybridized carbons (Fsp3) is 0.192. The van der Waals surface area contributed by atoms with E-state index >= 15 is 0 Å². The molecule has 3 aromatic carbocycles. The van der Waals surface area contributed by atoms with Crippen molar-refractivity contribution in [2.24, 2.45) is 0 Å². The van der Waals surface area contributed by atoms with Gasteiger partial charge in [0.1, 0.15) is 18.8 Å². The Kier molecular flexibility index (Phi) is 7.83. The largest absolute Gasteiger partial charge is 0.493 e. The summed E-state index contributed by atoms with van der Waals surface area (Å²) in [6, 6.07) is 19.9. The number of rotatable bonds is 10. The molecule has 1 heterocycles. The smallest absolute Gasteiger partial charge is 0.255 e. The topological polar surface area (TPSA) is 112 Å². The zero-order valence-corrected chi connectivity index (χ0v) is 21.1. The highest BCUT2D eigenvalue weighted by atomic mass is 31.2. The van der Waals surface area contributed by atoms with E-state index in [-0.39, 0.29) is 19.1 Å². The van der Waals surface area contributed by atoms with Crippen LogP contribution in [-0.2, 0) is 9.09 Å². The number of aromatic nitrogens is 2. The Bertz CT molecular complexity index is 1390. The van der Waals surface area contributed by atoms with Gasteiger partial charge in [-0.2, -0.15) is 0 Å². The predicted octanol–water partition coefficient (Wildman–Crippen LogP) is 5.57. The molecule has 0 bridgehead atoms. The molecular weight excluding hydrogens is 479 g/mol. The first-order valence-corrected chi connectivity index (χ1v) is 13.7. The molecule has 0 aliphatic carbocycles. The monoisotopic (exact) mass is 506 g/mol. The number of nitrogens with zero attached hydrogens (tertiary/aromatic N) is 2. The summed E-state index contributed by atoms with van der Waals surface area (Å²) in [4.78, 5) is 21.1. The van der Waals surface area contributed by atoms with Crippen LogP contribution in [0.25, 0.3) is 10.9 Å². The first-order valence-electron chi connectivity index (χ1n) is 11.2. The Balaban J connectivity index is 1.47. The summed E-state index contributed by atoms with van der Waals surface area (Å²) in [7, 11) is -1.02. The average Bonchev–Trinajstić information content (AvgIpc) is 2.87. The molecule has 36 heavy (non-hydrogen) atoms. The van der Waals surface area contributed by atoms with Crippen molar-refractivity contribution in [1.29, 1.82) is 0 Å². The normalized spacial score (nSPS) is 11.2. The van der Waals surface area contributed by atoms with E-state index in [2.05, 4.69) is 20.6 Å². The highest BCUT2D eigenvalue weighted by Crippen LogP contribution is 2.37. The van der Waals surface area contributed by atoms with Gasteiger partial charge in [-0.3, -0.25) is 9.36 Å². The fourth-order valence-electron chi connectivity index (χ4n) is 3.41. The van der Waals surface area contributed by atoms with Crippen molar-refractivity contribution >= 4 is 41.4 Å². The molecule has 186 valence electrons. The lowest BCUT2D eigenvalue weighted by atomic mass is 10.2. The third kappa shape index (κ3) is 6.59. The molecule has 0 unspecified atom stereocenters. The van der Waals surface area contributed by atoms with Crippen molar-refractivity contribution in [3.05, 3.63) is 78.6 Å². The zero-order valence-electron chi connectivity index (χ0n) is 20.2. The van der Waals surface area contributed by atoms with Gasteiger partial charge in [0.15, 0.2) is 18.9 Å². The minimum absolute atomic E-state index is 0.173. The van der Waals surface area contributed by atoms with Crippen LogP contribution in [0.2, 0.25) is 0 Å². The molecule has 0 fully saturated rings. The minimum Gasteiger partial charge on any atom is -0.493 e. The summed E-state index contributed by atoms with van der Waals surface area (Å²) < 4.78 is 28.3. The van der Waals surface area contributed by atoms with Crippen molar-refractivity contribution in [1.82, 2.24) is 9.97 Å². The van der Waals surface area contributed by atoms with Gasteiger partial charge in [-0.1, -0.05) is 18.2 Å². The van der Waals surface area contributed by atoms with E-state index < -0.39 is 7.37 Å². The van der Waals surface area contributed by atoms with Crippen molar-refractivity contribution in [2.75, 3.05) is 44.3 Å². The van der Waals surface area contributed by atoms with Crippen molar-refractivity contribution < 1.29 is 23.4 Å². The van der Waals surface area contributed by atoms with E-state index in [1.165, 1.54) is 6.33 Å². The lowest BCUT2D eigenvalue weighted by Gasteiger charge is -2.14. The van der Waals surface area contributed by atoms with E-state index in [9.17, 15) is 9.36 Å². The first kappa shape index (κ1) is 25.2. The van der Waals surface area contributed by atoms with Gasteiger partial charge in [0, 0.05) is 41.7 Å². The third-order valence-electron chi connectivity index (χ3n) is 5.11. The van der Waals surface area contributed by atoms with Crippen LogP contribution in [0, 0.1) is 0 Å². The van der Waals surface area contributed by atoms with Gasteiger partial charge in [-0.25, -0.2) is 9.97 Å². The quantitative estimate of drug-likeness (QED) is 0.212. The zero-order chi connectivity index (χ0) is 25.5. The molecule has 1 aromatic heterocycles. The van der Waals surface area contributed by atoms with Gasteiger partial charge in [-0.15, -0.1) is 0 Å². The maximum absolute atomic E-state index is 12.4. The van der Waals surface area contributed by atoms with Crippen LogP contribution in [0.5, 0.6) is 11.5 Å². The summed E-state index contributed by atoms with van der Waals surface area (Å²) in [5.74, 6) is 1.43. The highest BCUT2D eigenvalue weighted by Gasteiger charge is 2.13. The molecule has 0 radical (unpaired) electrons. The molecule has 0 saturated heterocycles. The lowest BCUT2D eigenvalue weighted by Crippen LogP contribution is -2.11. The standard InChI is InChI=1S/C26H27N4O5P/c1-33-23-15-21-22(16-24(23)34-13-14-35-36(2,3)32)27-17-28-25(21)29-19-9-11-20(12-10-19)30-26(31)18-7-5-4-6-8-18/h4-12,15-17H,13-14H2,1-3H3,(H,30,31)(H,27,28,29). The second-order valence-electron chi connectivity index (χ2n) is 8.20. The van der Waals surface area contributed by atoms with Crippen LogP contribution in [-0.4, -0.2) is 49.5 Å². The Morgan fingerprint density at radius 1 is 0.917 bits per heavy atom. The van der Waals surface area contributed by atoms with E-state index in [0.717, 1.165) is 11.1 Å². The number of amides is 1. The summed E-state index contributed by atoms with van der Waals surface area (Å²) in [6.45, 7) is 3.54. The minimum atomic E-state index is -2.57. The van der Waals surface area contributed by atoms with E-state index in [0.29, 0.717) is 34.1 Å². The third-order valence-corrected chi connectivity index (χ3v) is 5.91. The molecule has 10 heteroatoms.